The third-order valence-electron chi connectivity index (χ3n) is 2.91. The Hall–Kier alpha value is -1.71. The molecule has 1 unspecified atom stereocenters. The van der Waals surface area contributed by atoms with Crippen LogP contribution in [0.2, 0.25) is 0 Å². The van der Waals surface area contributed by atoms with Gasteiger partial charge in [0.2, 0.25) is 0 Å². The predicted octanol–water partition coefficient (Wildman–Crippen LogP) is 2.47. The van der Waals surface area contributed by atoms with Gasteiger partial charge >= 0.3 is 6.09 Å². The van der Waals surface area contributed by atoms with Crippen LogP contribution in [0.4, 0.5) is 4.79 Å². The lowest BCUT2D eigenvalue weighted by Gasteiger charge is -2.26. The topological polar surface area (TPSA) is 58.6 Å². The predicted molar refractivity (Wildman–Crippen MR) is 59.8 cm³/mol. The van der Waals surface area contributed by atoms with Crippen LogP contribution in [-0.2, 0) is 0 Å². The summed E-state index contributed by atoms with van der Waals surface area (Å²) in [5, 5.41) is 11.4. The van der Waals surface area contributed by atoms with Gasteiger partial charge in [0.1, 0.15) is 17.4 Å². The molecule has 0 saturated carbocycles. The Bertz CT molecular complexity index is 440. The summed E-state index contributed by atoms with van der Waals surface area (Å²) in [4.78, 5) is 10.8. The number of carboxylic acid groups (broad SMARTS) is 1. The number of rotatable bonds is 1. The van der Waals surface area contributed by atoms with Crippen LogP contribution in [0.1, 0.15) is 31.0 Å². The van der Waals surface area contributed by atoms with Crippen molar-refractivity contribution in [2.75, 3.05) is 0 Å². The van der Waals surface area contributed by atoms with Crippen molar-refractivity contribution in [3.63, 3.8) is 0 Å². The SMILES string of the molecule is Cc1cccc2c1C(NC(=O)O)C(C)(C)O2. The number of ether oxygens (including phenoxy) is 1. The van der Waals surface area contributed by atoms with Crippen LogP contribution >= 0.6 is 0 Å². The number of hydrogen-bond donors (Lipinski definition) is 2. The second-order valence-corrected chi connectivity index (χ2v) is 4.57. The van der Waals surface area contributed by atoms with Gasteiger partial charge in [-0.1, -0.05) is 12.1 Å². The summed E-state index contributed by atoms with van der Waals surface area (Å²) in [6, 6.07) is 5.42. The Morgan fingerprint density at radius 1 is 1.50 bits per heavy atom. The first-order chi connectivity index (χ1) is 7.42. The number of nitrogens with one attached hydrogen (secondary N) is 1. The highest BCUT2D eigenvalue weighted by Gasteiger charge is 2.42. The van der Waals surface area contributed by atoms with Gasteiger partial charge in [-0.15, -0.1) is 0 Å². The molecule has 0 aromatic heterocycles. The molecule has 2 N–H and O–H groups in total. The summed E-state index contributed by atoms with van der Waals surface area (Å²) in [5.74, 6) is 0.767. The standard InChI is InChI=1S/C12H15NO3/c1-7-5-4-6-8-9(7)10(13-11(14)15)12(2,3)16-8/h4-6,10,13H,1-3H3,(H,14,15). The Balaban J connectivity index is 2.47. The van der Waals surface area contributed by atoms with Crippen molar-refractivity contribution in [1.82, 2.24) is 5.32 Å². The minimum absolute atomic E-state index is 0.318. The van der Waals surface area contributed by atoms with Crippen LogP contribution in [0.5, 0.6) is 5.75 Å². The molecule has 1 aromatic carbocycles. The molecule has 1 amide bonds. The molecule has 0 radical (unpaired) electrons. The summed E-state index contributed by atoms with van der Waals surface area (Å²) in [7, 11) is 0. The number of carbonyl (C=O) groups is 1. The van der Waals surface area contributed by atoms with Crippen LogP contribution in [0.25, 0.3) is 0 Å². The fourth-order valence-corrected chi connectivity index (χ4v) is 2.17. The zero-order valence-electron chi connectivity index (χ0n) is 9.57. The number of fused-ring (bicyclic) bond motifs is 1. The van der Waals surface area contributed by atoms with E-state index in [2.05, 4.69) is 5.32 Å². The van der Waals surface area contributed by atoms with Crippen molar-refractivity contribution in [2.24, 2.45) is 0 Å². The lowest BCUT2D eigenvalue weighted by atomic mass is 9.92. The maximum atomic E-state index is 10.8. The Kier molecular flexibility index (Phi) is 2.30. The van der Waals surface area contributed by atoms with E-state index < -0.39 is 11.7 Å². The van der Waals surface area contributed by atoms with Crippen LogP contribution in [0, 0.1) is 6.92 Å². The molecule has 0 bridgehead atoms. The van der Waals surface area contributed by atoms with Gasteiger partial charge in [0, 0.05) is 5.56 Å². The van der Waals surface area contributed by atoms with E-state index in [1.54, 1.807) is 0 Å². The van der Waals surface area contributed by atoms with Crippen molar-refractivity contribution in [3.8, 4) is 5.75 Å². The second kappa shape index (κ2) is 3.40. The highest BCUT2D eigenvalue weighted by atomic mass is 16.5. The molecule has 0 spiro atoms. The van der Waals surface area contributed by atoms with E-state index in [9.17, 15) is 4.79 Å². The van der Waals surface area contributed by atoms with E-state index in [0.29, 0.717) is 0 Å². The quantitative estimate of drug-likeness (QED) is 0.765. The molecular formula is C12H15NO3. The molecule has 1 heterocycles. The lowest BCUT2D eigenvalue weighted by molar-refractivity contribution is 0.0932. The van der Waals surface area contributed by atoms with Gasteiger partial charge < -0.3 is 15.2 Å². The molecule has 0 saturated heterocycles. The zero-order valence-corrected chi connectivity index (χ0v) is 9.57. The summed E-state index contributed by atoms with van der Waals surface area (Å²) in [5.41, 5.74) is 1.43. The summed E-state index contributed by atoms with van der Waals surface area (Å²) in [6.07, 6.45) is -1.03. The van der Waals surface area contributed by atoms with Gasteiger partial charge in [-0.2, -0.15) is 0 Å². The van der Waals surface area contributed by atoms with Gasteiger partial charge in [0.05, 0.1) is 0 Å². The summed E-state index contributed by atoms with van der Waals surface area (Å²) < 4.78 is 5.76. The Labute approximate surface area is 94.2 Å². The first-order valence-electron chi connectivity index (χ1n) is 5.20. The maximum absolute atomic E-state index is 10.8. The molecule has 1 aliphatic rings. The monoisotopic (exact) mass is 221 g/mol. The largest absolute Gasteiger partial charge is 0.485 e. The molecule has 0 aliphatic carbocycles. The first-order valence-corrected chi connectivity index (χ1v) is 5.20. The number of benzene rings is 1. The minimum atomic E-state index is -1.03. The van der Waals surface area contributed by atoms with Gasteiger partial charge in [-0.25, -0.2) is 4.79 Å². The third kappa shape index (κ3) is 1.60. The van der Waals surface area contributed by atoms with Crippen LogP contribution in [0.15, 0.2) is 18.2 Å². The van der Waals surface area contributed by atoms with E-state index in [-0.39, 0.29) is 6.04 Å². The zero-order chi connectivity index (χ0) is 11.9. The fourth-order valence-electron chi connectivity index (χ4n) is 2.17. The van der Waals surface area contributed by atoms with Crippen molar-refractivity contribution in [2.45, 2.75) is 32.4 Å². The molecule has 0 fully saturated rings. The fraction of sp³-hybridized carbons (Fsp3) is 0.417. The van der Waals surface area contributed by atoms with Crippen molar-refractivity contribution < 1.29 is 14.6 Å². The molecule has 1 aliphatic heterocycles. The normalized spacial score (nSPS) is 21.1. The first kappa shape index (κ1) is 10.8. The molecule has 4 nitrogen and oxygen atoms in total. The van der Waals surface area contributed by atoms with E-state index in [1.807, 2.05) is 39.0 Å². The second-order valence-electron chi connectivity index (χ2n) is 4.57. The van der Waals surface area contributed by atoms with Crippen molar-refractivity contribution >= 4 is 6.09 Å². The van der Waals surface area contributed by atoms with Gasteiger partial charge in [0.25, 0.3) is 0 Å². The van der Waals surface area contributed by atoms with E-state index in [1.165, 1.54) is 0 Å². The molecule has 1 aromatic rings. The van der Waals surface area contributed by atoms with Crippen molar-refractivity contribution in [1.29, 1.82) is 0 Å². The lowest BCUT2D eigenvalue weighted by Crippen LogP contribution is -2.41. The van der Waals surface area contributed by atoms with Crippen LogP contribution in [-0.4, -0.2) is 16.8 Å². The Morgan fingerprint density at radius 3 is 2.81 bits per heavy atom. The van der Waals surface area contributed by atoms with Gasteiger partial charge in [0.15, 0.2) is 0 Å². The molecule has 86 valence electrons. The van der Waals surface area contributed by atoms with Crippen LogP contribution < -0.4 is 10.1 Å². The summed E-state index contributed by atoms with van der Waals surface area (Å²) >= 11 is 0. The molecule has 2 rings (SSSR count). The molecule has 16 heavy (non-hydrogen) atoms. The average Bonchev–Trinajstić information content (AvgIpc) is 2.38. The van der Waals surface area contributed by atoms with Crippen LogP contribution in [0.3, 0.4) is 0 Å². The Morgan fingerprint density at radius 2 is 2.19 bits per heavy atom. The van der Waals surface area contributed by atoms with E-state index in [4.69, 9.17) is 9.84 Å². The highest BCUT2D eigenvalue weighted by molar-refractivity contribution is 5.66. The molecular weight excluding hydrogens is 206 g/mol. The number of amides is 1. The van der Waals surface area contributed by atoms with E-state index in [0.717, 1.165) is 16.9 Å². The number of aryl methyl sites for hydroxylation is 1. The minimum Gasteiger partial charge on any atom is -0.485 e. The highest BCUT2D eigenvalue weighted by Crippen LogP contribution is 2.44. The average molecular weight is 221 g/mol. The number of hydrogen-bond acceptors (Lipinski definition) is 2. The van der Waals surface area contributed by atoms with Crippen molar-refractivity contribution in [3.05, 3.63) is 29.3 Å². The molecule has 1 atom stereocenters. The smallest absolute Gasteiger partial charge is 0.405 e. The molecule has 4 heteroatoms. The maximum Gasteiger partial charge on any atom is 0.405 e. The van der Waals surface area contributed by atoms with Gasteiger partial charge in [-0.3, -0.25) is 0 Å². The van der Waals surface area contributed by atoms with Gasteiger partial charge in [-0.05, 0) is 32.4 Å². The summed E-state index contributed by atoms with van der Waals surface area (Å²) in [6.45, 7) is 5.72. The third-order valence-corrected chi connectivity index (χ3v) is 2.91. The van der Waals surface area contributed by atoms with E-state index >= 15 is 0 Å².